The molecule has 9 aromatic rings. The fourth-order valence-corrected chi connectivity index (χ4v) is 6.37. The average molecular weight is 553 g/mol. The number of hydrogen-bond donors (Lipinski definition) is 0. The van der Waals surface area contributed by atoms with Crippen molar-refractivity contribution in [3.8, 4) is 34.3 Å². The maximum absolute atomic E-state index is 6.01. The van der Waals surface area contributed by atoms with Crippen LogP contribution in [0.5, 0.6) is 0 Å². The molecule has 0 spiro atoms. The van der Waals surface area contributed by atoms with Crippen molar-refractivity contribution in [2.75, 3.05) is 0 Å². The molecule has 0 aliphatic rings. The van der Waals surface area contributed by atoms with E-state index in [2.05, 4.69) is 122 Å². The van der Waals surface area contributed by atoms with Crippen LogP contribution in [0.3, 0.4) is 0 Å². The number of nitrogens with zero attached hydrogens (tertiary/aromatic N) is 4. The Morgan fingerprint density at radius 1 is 0.372 bits per heavy atom. The van der Waals surface area contributed by atoms with Crippen molar-refractivity contribution in [3.05, 3.63) is 146 Å². The van der Waals surface area contributed by atoms with Gasteiger partial charge in [-0.05, 0) is 72.8 Å². The van der Waals surface area contributed by atoms with E-state index in [0.29, 0.717) is 11.8 Å². The van der Waals surface area contributed by atoms with Gasteiger partial charge in [0.05, 0.1) is 22.1 Å². The van der Waals surface area contributed by atoms with Crippen LogP contribution in [-0.4, -0.2) is 19.3 Å². The molecule has 0 saturated heterocycles. The summed E-state index contributed by atoms with van der Waals surface area (Å²) in [6.45, 7) is 0. The van der Waals surface area contributed by atoms with Gasteiger partial charge in [-0.3, -0.25) is 0 Å². The van der Waals surface area contributed by atoms with Crippen LogP contribution < -0.4 is 0 Å². The Morgan fingerprint density at radius 2 is 0.814 bits per heavy atom. The van der Waals surface area contributed by atoms with Gasteiger partial charge in [-0.25, -0.2) is 0 Å². The fourth-order valence-electron chi connectivity index (χ4n) is 6.37. The molecule has 0 aliphatic carbocycles. The molecule has 0 saturated carbocycles. The minimum atomic E-state index is 0.503. The largest absolute Gasteiger partial charge is 0.416 e. The van der Waals surface area contributed by atoms with Crippen LogP contribution in [0.25, 0.3) is 77.9 Å². The normalized spacial score (nSPS) is 11.7. The lowest BCUT2D eigenvalue weighted by molar-refractivity contribution is 0.584. The molecule has 0 fully saturated rings. The quantitative estimate of drug-likeness (QED) is 0.218. The first kappa shape index (κ1) is 23.7. The second kappa shape index (κ2) is 9.29. The number of para-hydroxylation sites is 3. The SMILES string of the molecule is c1ccc(-c2nnc(-c3ccc(-n4c5ccccc5c5cc(-n6c7ccccc7c7ccccc76)ccc54)cc3)o2)cc1. The molecular weight excluding hydrogens is 528 g/mol. The topological polar surface area (TPSA) is 48.8 Å². The first-order valence-electron chi connectivity index (χ1n) is 14.3. The molecule has 43 heavy (non-hydrogen) atoms. The highest BCUT2D eigenvalue weighted by atomic mass is 16.4. The van der Waals surface area contributed by atoms with Gasteiger partial charge in [0.1, 0.15) is 0 Å². The van der Waals surface area contributed by atoms with Crippen molar-refractivity contribution in [3.63, 3.8) is 0 Å². The smallest absolute Gasteiger partial charge is 0.248 e. The molecular formula is C38H24N4O. The van der Waals surface area contributed by atoms with E-state index in [9.17, 15) is 0 Å². The lowest BCUT2D eigenvalue weighted by Crippen LogP contribution is -1.95. The number of benzene rings is 6. The van der Waals surface area contributed by atoms with Crippen LogP contribution in [0.4, 0.5) is 0 Å². The van der Waals surface area contributed by atoms with Crippen molar-refractivity contribution in [1.29, 1.82) is 0 Å². The monoisotopic (exact) mass is 552 g/mol. The Bertz CT molecular complexity index is 2390. The summed E-state index contributed by atoms with van der Waals surface area (Å²) in [5, 5.41) is 13.5. The number of aromatic nitrogens is 4. The highest BCUT2D eigenvalue weighted by Gasteiger charge is 2.17. The predicted molar refractivity (Wildman–Crippen MR) is 174 cm³/mol. The first-order chi connectivity index (χ1) is 21.3. The van der Waals surface area contributed by atoms with E-state index in [1.807, 2.05) is 42.5 Å². The van der Waals surface area contributed by atoms with Crippen LogP contribution >= 0.6 is 0 Å². The van der Waals surface area contributed by atoms with Crippen molar-refractivity contribution >= 4 is 43.6 Å². The van der Waals surface area contributed by atoms with Gasteiger partial charge in [0.2, 0.25) is 11.8 Å². The summed E-state index contributed by atoms with van der Waals surface area (Å²) in [7, 11) is 0. The summed E-state index contributed by atoms with van der Waals surface area (Å²) in [6.07, 6.45) is 0. The van der Waals surface area contributed by atoms with Crippen LogP contribution in [0.1, 0.15) is 0 Å². The number of rotatable bonds is 4. The second-order valence-electron chi connectivity index (χ2n) is 10.7. The van der Waals surface area contributed by atoms with E-state index in [-0.39, 0.29) is 0 Å². The van der Waals surface area contributed by atoms with Gasteiger partial charge in [-0.15, -0.1) is 10.2 Å². The first-order valence-corrected chi connectivity index (χ1v) is 14.3. The Hall–Kier alpha value is -5.94. The number of fused-ring (bicyclic) bond motifs is 6. The predicted octanol–water partition coefficient (Wildman–Crippen LogP) is 9.60. The third kappa shape index (κ3) is 3.65. The van der Waals surface area contributed by atoms with Gasteiger partial charge >= 0.3 is 0 Å². The lowest BCUT2D eigenvalue weighted by Gasteiger charge is -2.10. The van der Waals surface area contributed by atoms with E-state index in [1.165, 1.54) is 32.6 Å². The standard InChI is InChI=1S/C38H24N4O/c1-2-10-25(11-3-1)37-39-40-38(43-37)26-18-20-27(21-19-26)41-35-17-9-6-14-31(35)32-24-28(22-23-36(32)41)42-33-15-7-4-12-29(33)30-13-5-8-16-34(30)42/h1-24H. The zero-order valence-electron chi connectivity index (χ0n) is 23.1. The Kier molecular flexibility index (Phi) is 5.13. The summed E-state index contributed by atoms with van der Waals surface area (Å²) in [5.74, 6) is 1.02. The molecule has 6 aromatic carbocycles. The minimum absolute atomic E-state index is 0.503. The van der Waals surface area contributed by atoms with Gasteiger partial charge in [-0.1, -0.05) is 72.8 Å². The van der Waals surface area contributed by atoms with Crippen LogP contribution in [0.2, 0.25) is 0 Å². The van der Waals surface area contributed by atoms with Gasteiger partial charge in [0, 0.05) is 44.0 Å². The summed E-state index contributed by atoms with van der Waals surface area (Å²) in [5.41, 5.74) is 8.74. The molecule has 9 rings (SSSR count). The molecule has 0 amide bonds. The van der Waals surface area contributed by atoms with Crippen molar-refractivity contribution in [2.24, 2.45) is 0 Å². The van der Waals surface area contributed by atoms with E-state index in [0.717, 1.165) is 33.5 Å². The molecule has 0 bridgehead atoms. The molecule has 5 heteroatoms. The fraction of sp³-hybridized carbons (Fsp3) is 0. The maximum atomic E-state index is 6.01. The minimum Gasteiger partial charge on any atom is -0.416 e. The van der Waals surface area contributed by atoms with E-state index < -0.39 is 0 Å². The third-order valence-electron chi connectivity index (χ3n) is 8.31. The number of hydrogen-bond acceptors (Lipinski definition) is 3. The Morgan fingerprint density at radius 3 is 1.42 bits per heavy atom. The molecule has 0 atom stereocenters. The Balaban J connectivity index is 1.18. The van der Waals surface area contributed by atoms with Crippen molar-refractivity contribution < 1.29 is 4.42 Å². The zero-order chi connectivity index (χ0) is 28.3. The van der Waals surface area contributed by atoms with Gasteiger partial charge in [0.15, 0.2) is 0 Å². The molecule has 0 N–H and O–H groups in total. The highest BCUT2D eigenvalue weighted by molar-refractivity contribution is 6.12. The van der Waals surface area contributed by atoms with Crippen LogP contribution in [-0.2, 0) is 0 Å². The summed E-state index contributed by atoms with van der Waals surface area (Å²) < 4.78 is 10.7. The molecule has 202 valence electrons. The van der Waals surface area contributed by atoms with Crippen molar-refractivity contribution in [2.45, 2.75) is 0 Å². The lowest BCUT2D eigenvalue weighted by atomic mass is 10.1. The van der Waals surface area contributed by atoms with Gasteiger partial charge in [-0.2, -0.15) is 0 Å². The van der Waals surface area contributed by atoms with E-state index >= 15 is 0 Å². The summed E-state index contributed by atoms with van der Waals surface area (Å²) >= 11 is 0. The summed E-state index contributed by atoms with van der Waals surface area (Å²) in [4.78, 5) is 0. The van der Waals surface area contributed by atoms with E-state index in [4.69, 9.17) is 4.42 Å². The molecule has 0 unspecified atom stereocenters. The molecule has 0 aliphatic heterocycles. The van der Waals surface area contributed by atoms with Crippen LogP contribution in [0, 0.1) is 0 Å². The van der Waals surface area contributed by atoms with Gasteiger partial charge in [0.25, 0.3) is 0 Å². The van der Waals surface area contributed by atoms with E-state index in [1.54, 1.807) is 0 Å². The average Bonchev–Trinajstić information content (AvgIpc) is 3.78. The molecule has 0 radical (unpaired) electrons. The summed E-state index contributed by atoms with van der Waals surface area (Å²) in [6, 6.07) is 50.9. The highest BCUT2D eigenvalue weighted by Crippen LogP contribution is 2.37. The van der Waals surface area contributed by atoms with Crippen molar-refractivity contribution in [1.82, 2.24) is 19.3 Å². The third-order valence-corrected chi connectivity index (χ3v) is 8.31. The Labute approximate surface area is 246 Å². The maximum Gasteiger partial charge on any atom is 0.248 e. The zero-order valence-corrected chi connectivity index (χ0v) is 23.1. The van der Waals surface area contributed by atoms with Gasteiger partial charge < -0.3 is 13.6 Å². The molecule has 3 heterocycles. The van der Waals surface area contributed by atoms with Crippen LogP contribution in [0.15, 0.2) is 150 Å². The second-order valence-corrected chi connectivity index (χ2v) is 10.7. The molecule has 3 aromatic heterocycles. The molecule has 5 nitrogen and oxygen atoms in total.